The summed E-state index contributed by atoms with van der Waals surface area (Å²) in [6.07, 6.45) is 4.47. The zero-order chi connectivity index (χ0) is 23.1. The van der Waals surface area contributed by atoms with E-state index in [0.717, 1.165) is 40.4 Å². The number of para-hydroxylation sites is 3. The lowest BCUT2D eigenvalue weighted by Crippen LogP contribution is -2.38. The van der Waals surface area contributed by atoms with Crippen LogP contribution in [0.15, 0.2) is 79.1 Å². The molecule has 1 unspecified atom stereocenters. The van der Waals surface area contributed by atoms with Gasteiger partial charge in [0.05, 0.1) is 23.8 Å². The first-order valence-corrected chi connectivity index (χ1v) is 11.3. The molecule has 1 atom stereocenters. The van der Waals surface area contributed by atoms with Crippen LogP contribution in [0.5, 0.6) is 0 Å². The summed E-state index contributed by atoms with van der Waals surface area (Å²) in [7, 11) is 0. The highest BCUT2D eigenvalue weighted by atomic mass is 16.2. The number of hydrogen-bond donors (Lipinski definition) is 0. The first-order valence-electron chi connectivity index (χ1n) is 11.3. The molecular formula is C26H23N7O. The predicted octanol–water partition coefficient (Wildman–Crippen LogP) is 3.72. The second-order valence-electron chi connectivity index (χ2n) is 8.58. The molecule has 1 aliphatic heterocycles. The highest BCUT2D eigenvalue weighted by Gasteiger charge is 2.30. The van der Waals surface area contributed by atoms with Gasteiger partial charge in [-0.1, -0.05) is 41.6 Å². The van der Waals surface area contributed by atoms with Gasteiger partial charge < -0.3 is 9.47 Å². The fourth-order valence-electron chi connectivity index (χ4n) is 4.74. The van der Waals surface area contributed by atoms with Gasteiger partial charge in [0.2, 0.25) is 5.91 Å². The summed E-state index contributed by atoms with van der Waals surface area (Å²) in [5.41, 5.74) is 5.64. The van der Waals surface area contributed by atoms with Crippen LogP contribution in [-0.4, -0.2) is 41.5 Å². The van der Waals surface area contributed by atoms with E-state index in [1.807, 2.05) is 71.8 Å². The van der Waals surface area contributed by atoms with Crippen LogP contribution < -0.4 is 4.90 Å². The number of carbonyl (C=O) groups is 1. The topological polar surface area (TPSA) is 81.7 Å². The van der Waals surface area contributed by atoms with Crippen LogP contribution in [0.1, 0.15) is 18.2 Å². The summed E-state index contributed by atoms with van der Waals surface area (Å²) in [5.74, 6) is 0.783. The van der Waals surface area contributed by atoms with Crippen LogP contribution >= 0.6 is 0 Å². The number of benzene rings is 2. The molecule has 2 aromatic carbocycles. The van der Waals surface area contributed by atoms with Crippen molar-refractivity contribution < 1.29 is 4.79 Å². The Labute approximate surface area is 196 Å². The average Bonchev–Trinajstić information content (AvgIpc) is 3.55. The van der Waals surface area contributed by atoms with Crippen molar-refractivity contribution in [1.82, 2.24) is 29.5 Å². The van der Waals surface area contributed by atoms with E-state index in [1.165, 1.54) is 5.56 Å². The number of anilines is 1. The standard InChI is InChI=1S/C26H23N7O/c1-18-14-19-8-2-4-11-23(19)33(18)25(34)17-31-15-20(29-30-31)16-32-24-12-5-3-9-21(24)28-26(32)22-10-6-7-13-27-22/h2-13,15,18H,14,16-17H2,1H3. The molecule has 8 heteroatoms. The van der Waals surface area contributed by atoms with Gasteiger partial charge in [-0.2, -0.15) is 0 Å². The Morgan fingerprint density at radius 1 is 1.03 bits per heavy atom. The summed E-state index contributed by atoms with van der Waals surface area (Å²) >= 11 is 0. The Hall–Kier alpha value is -4.33. The molecule has 6 rings (SSSR count). The normalized spacial score (nSPS) is 15.1. The van der Waals surface area contributed by atoms with Crippen molar-refractivity contribution in [1.29, 1.82) is 0 Å². The third kappa shape index (κ3) is 3.53. The molecule has 0 saturated heterocycles. The molecule has 0 saturated carbocycles. The zero-order valence-corrected chi connectivity index (χ0v) is 18.7. The number of pyridine rings is 1. The first kappa shape index (κ1) is 20.3. The third-order valence-electron chi connectivity index (χ3n) is 6.23. The van der Waals surface area contributed by atoms with Crippen LogP contribution in [-0.2, 0) is 24.3 Å². The first-order chi connectivity index (χ1) is 16.7. The minimum absolute atomic E-state index is 0.0103. The van der Waals surface area contributed by atoms with Gasteiger partial charge in [-0.25, -0.2) is 9.67 Å². The number of nitrogens with zero attached hydrogens (tertiary/aromatic N) is 7. The average molecular weight is 450 g/mol. The van der Waals surface area contributed by atoms with E-state index in [4.69, 9.17) is 4.98 Å². The Morgan fingerprint density at radius 3 is 2.74 bits per heavy atom. The lowest BCUT2D eigenvalue weighted by molar-refractivity contribution is -0.119. The van der Waals surface area contributed by atoms with Gasteiger partial charge in [0.25, 0.3) is 0 Å². The number of carbonyl (C=O) groups excluding carboxylic acids is 1. The summed E-state index contributed by atoms with van der Waals surface area (Å²) in [6.45, 7) is 2.70. The number of rotatable bonds is 5. The van der Waals surface area contributed by atoms with Crippen molar-refractivity contribution in [3.63, 3.8) is 0 Å². The van der Waals surface area contributed by atoms with Crippen molar-refractivity contribution in [2.24, 2.45) is 0 Å². The largest absolute Gasteiger partial charge is 0.316 e. The van der Waals surface area contributed by atoms with Crippen LogP contribution in [0.4, 0.5) is 5.69 Å². The minimum Gasteiger partial charge on any atom is -0.316 e. The van der Waals surface area contributed by atoms with E-state index in [2.05, 4.69) is 32.9 Å². The molecule has 1 amide bonds. The van der Waals surface area contributed by atoms with Gasteiger partial charge in [-0.05, 0) is 49.2 Å². The summed E-state index contributed by atoms with van der Waals surface area (Å²) < 4.78 is 3.71. The van der Waals surface area contributed by atoms with Crippen molar-refractivity contribution >= 4 is 22.6 Å². The molecule has 3 aromatic heterocycles. The van der Waals surface area contributed by atoms with Crippen LogP contribution in [0.2, 0.25) is 0 Å². The van der Waals surface area contributed by atoms with E-state index >= 15 is 0 Å². The van der Waals surface area contributed by atoms with Gasteiger partial charge in [0.1, 0.15) is 17.9 Å². The number of imidazole rings is 1. The quantitative estimate of drug-likeness (QED) is 0.409. The van der Waals surface area contributed by atoms with Crippen LogP contribution in [0.3, 0.4) is 0 Å². The second-order valence-corrected chi connectivity index (χ2v) is 8.58. The predicted molar refractivity (Wildman–Crippen MR) is 129 cm³/mol. The highest BCUT2D eigenvalue weighted by molar-refractivity contribution is 5.96. The Kier molecular flexibility index (Phi) is 4.91. The monoisotopic (exact) mass is 449 g/mol. The van der Waals surface area contributed by atoms with Gasteiger partial charge in [-0.3, -0.25) is 9.78 Å². The molecule has 0 bridgehead atoms. The van der Waals surface area contributed by atoms with E-state index in [-0.39, 0.29) is 18.5 Å². The molecule has 1 aliphatic rings. The molecular weight excluding hydrogens is 426 g/mol. The number of fused-ring (bicyclic) bond motifs is 2. The third-order valence-corrected chi connectivity index (χ3v) is 6.23. The van der Waals surface area contributed by atoms with Crippen molar-refractivity contribution in [2.45, 2.75) is 32.5 Å². The van der Waals surface area contributed by atoms with Gasteiger partial charge in [0.15, 0.2) is 5.82 Å². The lowest BCUT2D eigenvalue weighted by Gasteiger charge is -2.22. The molecule has 0 radical (unpaired) electrons. The molecule has 0 N–H and O–H groups in total. The Balaban J connectivity index is 1.27. The maximum atomic E-state index is 13.1. The number of amides is 1. The SMILES string of the molecule is CC1Cc2ccccc2N1C(=O)Cn1cc(Cn2c(-c3ccccn3)nc3ccccc32)nn1. The lowest BCUT2D eigenvalue weighted by atomic mass is 10.1. The van der Waals surface area contributed by atoms with E-state index in [9.17, 15) is 4.79 Å². The van der Waals surface area contributed by atoms with Crippen molar-refractivity contribution in [3.05, 3.63) is 90.4 Å². The summed E-state index contributed by atoms with van der Waals surface area (Å²) in [6, 6.07) is 22.0. The van der Waals surface area contributed by atoms with E-state index in [0.29, 0.717) is 6.54 Å². The van der Waals surface area contributed by atoms with E-state index in [1.54, 1.807) is 10.9 Å². The highest BCUT2D eigenvalue weighted by Crippen LogP contribution is 2.32. The van der Waals surface area contributed by atoms with Crippen LogP contribution in [0, 0.1) is 0 Å². The minimum atomic E-state index is 0.0103. The maximum absolute atomic E-state index is 13.1. The summed E-state index contributed by atoms with van der Waals surface area (Å²) in [4.78, 5) is 24.3. The molecule has 34 heavy (non-hydrogen) atoms. The second kappa shape index (κ2) is 8.22. The summed E-state index contributed by atoms with van der Waals surface area (Å²) in [5, 5.41) is 8.59. The molecule has 168 valence electrons. The molecule has 0 aliphatic carbocycles. The smallest absolute Gasteiger partial charge is 0.249 e. The molecule has 0 fully saturated rings. The fourth-order valence-corrected chi connectivity index (χ4v) is 4.74. The number of aromatic nitrogens is 6. The Bertz CT molecular complexity index is 1490. The fraction of sp³-hybridized carbons (Fsp3) is 0.192. The molecule has 4 heterocycles. The maximum Gasteiger partial charge on any atom is 0.249 e. The van der Waals surface area contributed by atoms with Crippen molar-refractivity contribution in [2.75, 3.05) is 4.90 Å². The molecule has 5 aromatic rings. The van der Waals surface area contributed by atoms with Gasteiger partial charge >= 0.3 is 0 Å². The zero-order valence-electron chi connectivity index (χ0n) is 18.7. The molecule has 0 spiro atoms. The number of hydrogen-bond acceptors (Lipinski definition) is 5. The van der Waals surface area contributed by atoms with Crippen molar-refractivity contribution in [3.8, 4) is 11.5 Å². The Morgan fingerprint density at radius 2 is 1.85 bits per heavy atom. The van der Waals surface area contributed by atoms with Crippen LogP contribution in [0.25, 0.3) is 22.6 Å². The van der Waals surface area contributed by atoms with Gasteiger partial charge in [-0.15, -0.1) is 5.10 Å². The van der Waals surface area contributed by atoms with Gasteiger partial charge in [0, 0.05) is 17.9 Å². The van der Waals surface area contributed by atoms with E-state index < -0.39 is 0 Å². The molecule has 8 nitrogen and oxygen atoms in total.